The van der Waals surface area contributed by atoms with E-state index in [1.165, 1.54) is 0 Å². The molecule has 1 N–H and O–H groups in total. The minimum atomic E-state index is -3.59. The van der Waals surface area contributed by atoms with Crippen LogP contribution < -0.4 is 9.50 Å². The SMILES string of the molecule is CCNC(=O)N(Cc1ccccc1OS(C)(=O)=O)C1CC1. The zero-order chi connectivity index (χ0) is 15.5. The molecule has 2 rings (SSSR count). The summed E-state index contributed by atoms with van der Waals surface area (Å²) in [5.74, 6) is 0.273. The predicted octanol–water partition coefficient (Wildman–Crippen LogP) is 1.72. The summed E-state index contributed by atoms with van der Waals surface area (Å²) in [5.41, 5.74) is 0.682. The lowest BCUT2D eigenvalue weighted by atomic mass is 10.2. The maximum atomic E-state index is 12.1. The van der Waals surface area contributed by atoms with Gasteiger partial charge in [-0.25, -0.2) is 4.79 Å². The van der Waals surface area contributed by atoms with Gasteiger partial charge in [0.2, 0.25) is 0 Å². The third kappa shape index (κ3) is 4.63. The van der Waals surface area contributed by atoms with E-state index in [1.54, 1.807) is 29.2 Å². The molecule has 7 heteroatoms. The first-order valence-corrected chi connectivity index (χ1v) is 8.74. The van der Waals surface area contributed by atoms with Crippen LogP contribution in [0.4, 0.5) is 4.79 Å². The molecule has 116 valence electrons. The van der Waals surface area contributed by atoms with Crippen molar-refractivity contribution in [1.82, 2.24) is 10.2 Å². The maximum Gasteiger partial charge on any atom is 0.317 e. The van der Waals surface area contributed by atoms with Crippen molar-refractivity contribution in [2.24, 2.45) is 0 Å². The van der Waals surface area contributed by atoms with Crippen LogP contribution in [0.25, 0.3) is 0 Å². The van der Waals surface area contributed by atoms with E-state index in [0.29, 0.717) is 18.7 Å². The number of carbonyl (C=O) groups is 1. The lowest BCUT2D eigenvalue weighted by Gasteiger charge is -2.23. The number of hydrogen-bond donors (Lipinski definition) is 1. The van der Waals surface area contributed by atoms with Crippen molar-refractivity contribution >= 4 is 16.1 Å². The minimum Gasteiger partial charge on any atom is -0.382 e. The minimum absolute atomic E-state index is 0.130. The van der Waals surface area contributed by atoms with E-state index in [4.69, 9.17) is 4.18 Å². The van der Waals surface area contributed by atoms with E-state index < -0.39 is 10.1 Å². The van der Waals surface area contributed by atoms with Gasteiger partial charge in [0.15, 0.2) is 0 Å². The van der Waals surface area contributed by atoms with E-state index in [1.807, 2.05) is 6.92 Å². The third-order valence-corrected chi connectivity index (χ3v) is 3.61. The number of urea groups is 1. The van der Waals surface area contributed by atoms with Gasteiger partial charge >= 0.3 is 16.1 Å². The molecule has 1 aromatic carbocycles. The first-order valence-electron chi connectivity index (χ1n) is 6.92. The van der Waals surface area contributed by atoms with Crippen LogP contribution >= 0.6 is 0 Å². The number of para-hydroxylation sites is 1. The largest absolute Gasteiger partial charge is 0.382 e. The van der Waals surface area contributed by atoms with Crippen molar-refractivity contribution < 1.29 is 17.4 Å². The molecule has 0 atom stereocenters. The molecule has 21 heavy (non-hydrogen) atoms. The molecule has 0 spiro atoms. The Labute approximate surface area is 125 Å². The Morgan fingerprint density at radius 3 is 2.62 bits per heavy atom. The Bertz CT molecular complexity index is 611. The number of nitrogens with zero attached hydrogens (tertiary/aromatic N) is 1. The van der Waals surface area contributed by atoms with Crippen LogP contribution in [0.3, 0.4) is 0 Å². The summed E-state index contributed by atoms with van der Waals surface area (Å²) in [5, 5.41) is 2.78. The van der Waals surface area contributed by atoms with Gasteiger partial charge in [0, 0.05) is 18.2 Å². The van der Waals surface area contributed by atoms with Crippen LogP contribution in [0.15, 0.2) is 24.3 Å². The van der Waals surface area contributed by atoms with E-state index in [9.17, 15) is 13.2 Å². The standard InChI is InChI=1S/C14H20N2O4S/c1-3-15-14(17)16(12-8-9-12)10-11-6-4-5-7-13(11)20-21(2,18)19/h4-7,12H,3,8-10H2,1-2H3,(H,15,17). The molecular weight excluding hydrogens is 292 g/mol. The molecule has 0 aliphatic heterocycles. The predicted molar refractivity (Wildman–Crippen MR) is 79.6 cm³/mol. The van der Waals surface area contributed by atoms with Gasteiger partial charge in [-0.15, -0.1) is 0 Å². The summed E-state index contributed by atoms with van der Waals surface area (Å²) < 4.78 is 27.6. The van der Waals surface area contributed by atoms with Crippen molar-refractivity contribution in [3.8, 4) is 5.75 Å². The molecule has 1 aliphatic rings. The van der Waals surface area contributed by atoms with Crippen LogP contribution in [0.1, 0.15) is 25.3 Å². The normalized spacial score (nSPS) is 14.6. The summed E-state index contributed by atoms with van der Waals surface area (Å²) in [6, 6.07) is 6.97. The fraction of sp³-hybridized carbons (Fsp3) is 0.500. The number of nitrogens with one attached hydrogen (secondary N) is 1. The lowest BCUT2D eigenvalue weighted by Crippen LogP contribution is -2.40. The van der Waals surface area contributed by atoms with Gasteiger partial charge in [-0.2, -0.15) is 8.42 Å². The van der Waals surface area contributed by atoms with Crippen molar-refractivity contribution in [2.75, 3.05) is 12.8 Å². The first kappa shape index (κ1) is 15.6. The average molecular weight is 312 g/mol. The van der Waals surface area contributed by atoms with Crippen molar-refractivity contribution in [1.29, 1.82) is 0 Å². The fourth-order valence-corrected chi connectivity index (χ4v) is 2.56. The third-order valence-electron chi connectivity index (χ3n) is 3.13. The van der Waals surface area contributed by atoms with Gasteiger partial charge in [0.1, 0.15) is 5.75 Å². The summed E-state index contributed by atoms with van der Waals surface area (Å²) in [4.78, 5) is 13.8. The zero-order valence-corrected chi connectivity index (χ0v) is 13.0. The topological polar surface area (TPSA) is 75.7 Å². The Morgan fingerprint density at radius 1 is 1.38 bits per heavy atom. The van der Waals surface area contributed by atoms with Gasteiger partial charge < -0.3 is 14.4 Å². The molecule has 1 saturated carbocycles. The summed E-state index contributed by atoms with van der Waals surface area (Å²) in [7, 11) is -3.59. The van der Waals surface area contributed by atoms with E-state index >= 15 is 0 Å². The highest BCUT2D eigenvalue weighted by Gasteiger charge is 2.33. The number of amides is 2. The zero-order valence-electron chi connectivity index (χ0n) is 12.2. The highest BCUT2D eigenvalue weighted by atomic mass is 32.2. The molecule has 1 aromatic rings. The van der Waals surface area contributed by atoms with Gasteiger partial charge in [0.25, 0.3) is 0 Å². The molecule has 0 unspecified atom stereocenters. The van der Waals surface area contributed by atoms with E-state index in [-0.39, 0.29) is 17.8 Å². The smallest absolute Gasteiger partial charge is 0.317 e. The van der Waals surface area contributed by atoms with Gasteiger partial charge in [0.05, 0.1) is 12.8 Å². The average Bonchev–Trinajstić information content (AvgIpc) is 3.20. The molecule has 1 aliphatic carbocycles. The van der Waals surface area contributed by atoms with Gasteiger partial charge in [-0.3, -0.25) is 0 Å². The molecule has 0 bridgehead atoms. The number of hydrogen-bond acceptors (Lipinski definition) is 4. The molecule has 0 saturated heterocycles. The molecule has 6 nitrogen and oxygen atoms in total. The lowest BCUT2D eigenvalue weighted by molar-refractivity contribution is 0.192. The first-order chi connectivity index (χ1) is 9.90. The molecule has 0 aromatic heterocycles. The Hall–Kier alpha value is -1.76. The number of benzene rings is 1. The molecule has 0 heterocycles. The van der Waals surface area contributed by atoms with Crippen LogP contribution in [-0.4, -0.2) is 38.2 Å². The van der Waals surface area contributed by atoms with Crippen LogP contribution in [0.2, 0.25) is 0 Å². The van der Waals surface area contributed by atoms with Crippen LogP contribution in [-0.2, 0) is 16.7 Å². The molecule has 0 radical (unpaired) electrons. The van der Waals surface area contributed by atoms with Crippen LogP contribution in [0, 0.1) is 0 Å². The van der Waals surface area contributed by atoms with Crippen molar-refractivity contribution in [3.05, 3.63) is 29.8 Å². The number of carbonyl (C=O) groups excluding carboxylic acids is 1. The Balaban J connectivity index is 2.19. The second-order valence-corrected chi connectivity index (χ2v) is 6.66. The monoisotopic (exact) mass is 312 g/mol. The maximum absolute atomic E-state index is 12.1. The molecular formula is C14H20N2O4S. The van der Waals surface area contributed by atoms with Crippen molar-refractivity contribution in [3.63, 3.8) is 0 Å². The Morgan fingerprint density at radius 2 is 2.05 bits per heavy atom. The highest BCUT2D eigenvalue weighted by Crippen LogP contribution is 2.30. The summed E-state index contributed by atoms with van der Waals surface area (Å²) >= 11 is 0. The quantitative estimate of drug-likeness (QED) is 0.812. The number of rotatable bonds is 6. The van der Waals surface area contributed by atoms with Gasteiger partial charge in [-0.05, 0) is 25.8 Å². The fourth-order valence-electron chi connectivity index (χ4n) is 2.07. The van der Waals surface area contributed by atoms with E-state index in [2.05, 4.69) is 5.32 Å². The second kappa shape index (κ2) is 6.34. The summed E-state index contributed by atoms with van der Waals surface area (Å²) in [6.07, 6.45) is 2.96. The molecule has 2 amide bonds. The van der Waals surface area contributed by atoms with Crippen LogP contribution in [0.5, 0.6) is 5.75 Å². The second-order valence-electron chi connectivity index (χ2n) is 5.09. The summed E-state index contributed by atoms with van der Waals surface area (Å²) in [6.45, 7) is 2.76. The van der Waals surface area contributed by atoms with E-state index in [0.717, 1.165) is 19.1 Å². The van der Waals surface area contributed by atoms with Crippen molar-refractivity contribution in [2.45, 2.75) is 32.4 Å². The molecule has 1 fully saturated rings. The van der Waals surface area contributed by atoms with Gasteiger partial charge in [-0.1, -0.05) is 18.2 Å². The Kier molecular flexibility index (Phi) is 4.72. The highest BCUT2D eigenvalue weighted by molar-refractivity contribution is 7.86.